The lowest BCUT2D eigenvalue weighted by molar-refractivity contribution is 0.0649. The fraction of sp³-hybridized carbons (Fsp3) is 0.636. The summed E-state index contributed by atoms with van der Waals surface area (Å²) in [6.45, 7) is 6.07. The first-order valence-electron chi connectivity index (χ1n) is 9.60. The van der Waals surface area contributed by atoms with Crippen molar-refractivity contribution in [2.75, 3.05) is 34.0 Å². The van der Waals surface area contributed by atoms with Gasteiger partial charge in [0.05, 0.1) is 14.2 Å². The van der Waals surface area contributed by atoms with Crippen molar-refractivity contribution in [3.05, 3.63) is 23.3 Å². The summed E-state index contributed by atoms with van der Waals surface area (Å²) >= 11 is 0. The lowest BCUT2D eigenvalue weighted by Gasteiger charge is -2.46. The first kappa shape index (κ1) is 19.0. The van der Waals surface area contributed by atoms with Crippen molar-refractivity contribution in [2.45, 2.75) is 39.2 Å². The molecule has 3 nitrogen and oxygen atoms in total. The molecule has 1 saturated heterocycles. The van der Waals surface area contributed by atoms with Gasteiger partial charge in [0.15, 0.2) is 11.5 Å². The quantitative estimate of drug-likeness (QED) is 0.750. The monoisotopic (exact) mass is 359 g/mol. The molecular formula is C22H30FNO2. The zero-order valence-electron chi connectivity index (χ0n) is 16.3. The molecule has 2 aliphatic rings. The summed E-state index contributed by atoms with van der Waals surface area (Å²) in [5, 5.41) is 0. The van der Waals surface area contributed by atoms with E-state index in [1.807, 2.05) is 0 Å². The molecule has 0 aromatic heterocycles. The van der Waals surface area contributed by atoms with Gasteiger partial charge in [-0.1, -0.05) is 25.7 Å². The highest BCUT2D eigenvalue weighted by Crippen LogP contribution is 2.45. The van der Waals surface area contributed by atoms with Crippen molar-refractivity contribution in [3.63, 3.8) is 0 Å². The number of nitrogens with zero attached hydrogens (tertiary/aromatic N) is 1. The second-order valence-electron chi connectivity index (χ2n) is 7.85. The second kappa shape index (κ2) is 8.31. The van der Waals surface area contributed by atoms with Crippen LogP contribution in [-0.2, 0) is 6.42 Å². The third-order valence-electron chi connectivity index (χ3n) is 5.76. The molecule has 3 rings (SSSR count). The number of halogens is 1. The summed E-state index contributed by atoms with van der Waals surface area (Å²) < 4.78 is 23.7. The van der Waals surface area contributed by atoms with E-state index in [0.717, 1.165) is 43.9 Å². The Balaban J connectivity index is 1.92. The van der Waals surface area contributed by atoms with E-state index in [0.29, 0.717) is 17.9 Å². The van der Waals surface area contributed by atoms with E-state index in [2.05, 4.69) is 42.7 Å². The fourth-order valence-electron chi connectivity index (χ4n) is 4.63. The van der Waals surface area contributed by atoms with Gasteiger partial charge in [0.1, 0.15) is 6.67 Å². The topological polar surface area (TPSA) is 21.7 Å². The van der Waals surface area contributed by atoms with Gasteiger partial charge in [-0.25, -0.2) is 4.39 Å². The van der Waals surface area contributed by atoms with E-state index < -0.39 is 6.67 Å². The molecule has 0 radical (unpaired) electrons. The summed E-state index contributed by atoms with van der Waals surface area (Å²) in [4.78, 5) is 2.59. The Hall–Kier alpha value is -1.73. The van der Waals surface area contributed by atoms with Crippen LogP contribution in [0.1, 0.15) is 43.9 Å². The molecule has 0 amide bonds. The maximum Gasteiger partial charge on any atom is 0.161 e. The molecule has 26 heavy (non-hydrogen) atoms. The third kappa shape index (κ3) is 3.83. The number of hydrogen-bond donors (Lipinski definition) is 0. The minimum atomic E-state index is -0.555. The van der Waals surface area contributed by atoms with Gasteiger partial charge in [-0.3, -0.25) is 4.90 Å². The summed E-state index contributed by atoms with van der Waals surface area (Å²) in [6.07, 6.45) is 3.14. The number of piperidine rings is 1. The molecule has 0 N–H and O–H groups in total. The van der Waals surface area contributed by atoms with Crippen molar-refractivity contribution < 1.29 is 13.9 Å². The maximum absolute atomic E-state index is 12.7. The van der Waals surface area contributed by atoms with Crippen molar-refractivity contribution in [1.29, 1.82) is 0 Å². The molecule has 2 aliphatic heterocycles. The van der Waals surface area contributed by atoms with E-state index >= 15 is 0 Å². The summed E-state index contributed by atoms with van der Waals surface area (Å²) in [5.74, 6) is 8.92. The predicted octanol–water partition coefficient (Wildman–Crippen LogP) is 4.26. The fourth-order valence-corrected chi connectivity index (χ4v) is 4.63. The molecule has 0 aliphatic carbocycles. The zero-order chi connectivity index (χ0) is 18.7. The van der Waals surface area contributed by atoms with Gasteiger partial charge in [-0.2, -0.15) is 0 Å². The van der Waals surface area contributed by atoms with Crippen LogP contribution < -0.4 is 9.47 Å². The number of benzene rings is 1. The van der Waals surface area contributed by atoms with Crippen LogP contribution in [0.15, 0.2) is 12.1 Å². The highest BCUT2D eigenvalue weighted by Gasteiger charge is 2.38. The van der Waals surface area contributed by atoms with E-state index in [1.54, 1.807) is 14.2 Å². The number of methoxy groups -OCH3 is 2. The average Bonchev–Trinajstić information content (AvgIpc) is 2.64. The van der Waals surface area contributed by atoms with E-state index in [1.165, 1.54) is 11.1 Å². The SMILES string of the molecule is COc1cc2c(cc1OC)[C@H]1CC(C#CCF)C(CC(C)C)CN1CC2. The van der Waals surface area contributed by atoms with Crippen LogP contribution >= 0.6 is 0 Å². The Morgan fingerprint density at radius 1 is 1.23 bits per heavy atom. The van der Waals surface area contributed by atoms with Crippen LogP contribution in [0.25, 0.3) is 0 Å². The third-order valence-corrected chi connectivity index (χ3v) is 5.76. The lowest BCUT2D eigenvalue weighted by atomic mass is 9.74. The molecular weight excluding hydrogens is 329 g/mol. The first-order chi connectivity index (χ1) is 12.6. The highest BCUT2D eigenvalue weighted by molar-refractivity contribution is 5.49. The molecule has 0 saturated carbocycles. The second-order valence-corrected chi connectivity index (χ2v) is 7.85. The largest absolute Gasteiger partial charge is 0.493 e. The Morgan fingerprint density at radius 2 is 1.96 bits per heavy atom. The minimum absolute atomic E-state index is 0.258. The molecule has 1 fully saturated rings. The van der Waals surface area contributed by atoms with Gasteiger partial charge in [0, 0.05) is 25.0 Å². The van der Waals surface area contributed by atoms with Crippen molar-refractivity contribution in [1.82, 2.24) is 4.90 Å². The number of fused-ring (bicyclic) bond motifs is 3. The molecule has 0 spiro atoms. The van der Waals surface area contributed by atoms with Crippen LogP contribution in [0.4, 0.5) is 4.39 Å². The van der Waals surface area contributed by atoms with Gasteiger partial charge in [0.25, 0.3) is 0 Å². The van der Waals surface area contributed by atoms with Crippen LogP contribution in [0.2, 0.25) is 0 Å². The number of alkyl halides is 1. The van der Waals surface area contributed by atoms with Crippen LogP contribution in [0.3, 0.4) is 0 Å². The number of hydrogen-bond acceptors (Lipinski definition) is 3. The molecule has 1 aromatic carbocycles. The molecule has 4 heteroatoms. The van der Waals surface area contributed by atoms with Gasteiger partial charge < -0.3 is 9.47 Å². The summed E-state index contributed by atoms with van der Waals surface area (Å²) in [5.41, 5.74) is 2.66. The van der Waals surface area contributed by atoms with Crippen molar-refractivity contribution in [3.8, 4) is 23.3 Å². The van der Waals surface area contributed by atoms with Gasteiger partial charge in [-0.05, 0) is 54.4 Å². The Kier molecular flexibility index (Phi) is 6.09. The Labute approximate surface area is 156 Å². The standard InChI is InChI=1S/C22H30FNO2/c1-15(2)10-18-14-24-9-7-17-12-21(25-3)22(26-4)13-19(17)20(24)11-16(18)6-5-8-23/h12-13,15-16,18,20H,7-11,14H2,1-4H3/t16?,18?,20-/m1/s1. The summed E-state index contributed by atoms with van der Waals surface area (Å²) in [7, 11) is 3.36. The van der Waals surface area contributed by atoms with E-state index in [9.17, 15) is 4.39 Å². The summed E-state index contributed by atoms with van der Waals surface area (Å²) in [6, 6.07) is 4.59. The molecule has 3 atom stereocenters. The van der Waals surface area contributed by atoms with Gasteiger partial charge in [-0.15, -0.1) is 0 Å². The Morgan fingerprint density at radius 3 is 2.62 bits per heavy atom. The molecule has 1 aromatic rings. The molecule has 2 unspecified atom stereocenters. The zero-order valence-corrected chi connectivity index (χ0v) is 16.3. The van der Waals surface area contributed by atoms with Gasteiger partial charge >= 0.3 is 0 Å². The number of rotatable bonds is 4. The number of ether oxygens (including phenoxy) is 2. The molecule has 2 heterocycles. The molecule has 142 valence electrons. The van der Waals surface area contributed by atoms with Crippen LogP contribution in [0, 0.1) is 29.6 Å². The van der Waals surface area contributed by atoms with E-state index in [4.69, 9.17) is 9.47 Å². The Bertz CT molecular complexity index is 691. The van der Waals surface area contributed by atoms with Crippen LogP contribution in [-0.4, -0.2) is 38.9 Å². The highest BCUT2D eigenvalue weighted by atomic mass is 19.1. The average molecular weight is 359 g/mol. The van der Waals surface area contributed by atoms with Crippen molar-refractivity contribution in [2.24, 2.45) is 17.8 Å². The van der Waals surface area contributed by atoms with Gasteiger partial charge in [0.2, 0.25) is 0 Å². The van der Waals surface area contributed by atoms with E-state index in [-0.39, 0.29) is 5.92 Å². The smallest absolute Gasteiger partial charge is 0.161 e. The maximum atomic E-state index is 12.7. The normalized spacial score (nSPS) is 25.1. The molecule has 0 bridgehead atoms. The lowest BCUT2D eigenvalue weighted by Crippen LogP contribution is -2.46. The predicted molar refractivity (Wildman–Crippen MR) is 102 cm³/mol. The van der Waals surface area contributed by atoms with Crippen LogP contribution in [0.5, 0.6) is 11.5 Å². The first-order valence-corrected chi connectivity index (χ1v) is 9.60. The van der Waals surface area contributed by atoms with Crippen molar-refractivity contribution >= 4 is 0 Å². The minimum Gasteiger partial charge on any atom is -0.493 e.